The first-order valence-corrected chi connectivity index (χ1v) is 6.24. The Morgan fingerprint density at radius 1 is 1.40 bits per heavy atom. The van der Waals surface area contributed by atoms with Gasteiger partial charge in [-0.15, -0.1) is 5.10 Å². The van der Waals surface area contributed by atoms with Crippen LogP contribution in [-0.2, 0) is 13.0 Å². The van der Waals surface area contributed by atoms with Crippen molar-refractivity contribution < 1.29 is 0 Å². The molecule has 0 aromatic carbocycles. The molecule has 0 saturated heterocycles. The minimum Gasteiger partial charge on any atom is -0.316 e. The van der Waals surface area contributed by atoms with Gasteiger partial charge in [0.2, 0.25) is 0 Å². The number of aromatic nitrogens is 2. The highest BCUT2D eigenvalue weighted by Gasteiger charge is 2.08. The number of likely N-dealkylation sites (N-methyl/N-ethyl adjacent to an activating group) is 2. The molecule has 0 fully saturated rings. The van der Waals surface area contributed by atoms with Gasteiger partial charge in [-0.25, -0.2) is 0 Å². The summed E-state index contributed by atoms with van der Waals surface area (Å²) in [7, 11) is 2.14. The Kier molecular flexibility index (Phi) is 5.75. The van der Waals surface area contributed by atoms with Crippen molar-refractivity contribution in [3.05, 3.63) is 10.6 Å². The van der Waals surface area contributed by atoms with Gasteiger partial charge in [0.15, 0.2) is 0 Å². The van der Waals surface area contributed by atoms with E-state index in [1.54, 1.807) is 0 Å². The van der Waals surface area contributed by atoms with Gasteiger partial charge in [0, 0.05) is 19.6 Å². The van der Waals surface area contributed by atoms with E-state index < -0.39 is 0 Å². The number of nitrogens with one attached hydrogen (secondary N) is 1. The van der Waals surface area contributed by atoms with Gasteiger partial charge in [-0.05, 0) is 31.5 Å². The largest absolute Gasteiger partial charge is 0.316 e. The molecule has 0 spiro atoms. The lowest BCUT2D eigenvalue weighted by Crippen LogP contribution is -2.28. The zero-order valence-corrected chi connectivity index (χ0v) is 10.6. The van der Waals surface area contributed by atoms with Crippen LogP contribution < -0.4 is 5.32 Å². The molecule has 1 aromatic rings. The minimum absolute atomic E-state index is 0.965. The second-order valence-electron chi connectivity index (χ2n) is 3.59. The third-order valence-electron chi connectivity index (χ3n) is 2.30. The molecule has 0 atom stereocenters. The van der Waals surface area contributed by atoms with Crippen molar-refractivity contribution in [3.63, 3.8) is 0 Å². The average molecular weight is 228 g/mol. The number of rotatable bonds is 7. The summed E-state index contributed by atoms with van der Waals surface area (Å²) >= 11 is 1.52. The maximum atomic E-state index is 4.11. The molecule has 15 heavy (non-hydrogen) atoms. The van der Waals surface area contributed by atoms with Crippen LogP contribution in [0, 0.1) is 0 Å². The zero-order valence-electron chi connectivity index (χ0n) is 9.79. The summed E-state index contributed by atoms with van der Waals surface area (Å²) in [5.41, 5.74) is 1.15. The Bertz CT molecular complexity index is 274. The fraction of sp³-hybridized carbons (Fsp3) is 0.800. The molecule has 0 aliphatic rings. The van der Waals surface area contributed by atoms with E-state index in [1.165, 1.54) is 16.4 Å². The summed E-state index contributed by atoms with van der Waals surface area (Å²) in [5.74, 6) is 0. The van der Waals surface area contributed by atoms with Crippen LogP contribution in [0.5, 0.6) is 0 Å². The molecule has 86 valence electrons. The average Bonchev–Trinajstić information content (AvgIpc) is 2.65. The van der Waals surface area contributed by atoms with Crippen molar-refractivity contribution in [2.75, 3.05) is 26.7 Å². The monoisotopic (exact) mass is 228 g/mol. The molecule has 0 amide bonds. The molecule has 0 radical (unpaired) electrons. The summed E-state index contributed by atoms with van der Waals surface area (Å²) in [6, 6.07) is 0. The quantitative estimate of drug-likeness (QED) is 0.711. The molecule has 0 aliphatic heterocycles. The first-order chi connectivity index (χ1) is 7.27. The molecular weight excluding hydrogens is 208 g/mol. The van der Waals surface area contributed by atoms with E-state index in [0.29, 0.717) is 0 Å². The van der Waals surface area contributed by atoms with Crippen LogP contribution >= 0.6 is 11.5 Å². The first kappa shape index (κ1) is 12.5. The highest BCUT2D eigenvalue weighted by Crippen LogP contribution is 2.12. The van der Waals surface area contributed by atoms with Crippen LogP contribution in [0.25, 0.3) is 0 Å². The molecule has 1 heterocycles. The van der Waals surface area contributed by atoms with Crippen LogP contribution in [0.4, 0.5) is 0 Å². The van der Waals surface area contributed by atoms with Crippen LogP contribution in [0.3, 0.4) is 0 Å². The second-order valence-corrected chi connectivity index (χ2v) is 4.43. The van der Waals surface area contributed by atoms with Gasteiger partial charge in [-0.2, -0.15) is 0 Å². The maximum absolute atomic E-state index is 4.11. The molecule has 1 rings (SSSR count). The molecule has 0 aliphatic carbocycles. The number of aryl methyl sites for hydroxylation is 1. The predicted octanol–water partition coefficient (Wildman–Crippen LogP) is 1.14. The van der Waals surface area contributed by atoms with Crippen LogP contribution in [0.1, 0.15) is 24.4 Å². The third kappa shape index (κ3) is 4.24. The van der Waals surface area contributed by atoms with Crippen molar-refractivity contribution in [2.24, 2.45) is 0 Å². The van der Waals surface area contributed by atoms with Crippen LogP contribution in [0.15, 0.2) is 0 Å². The van der Waals surface area contributed by atoms with Gasteiger partial charge in [-0.1, -0.05) is 18.3 Å². The Morgan fingerprint density at radius 2 is 2.20 bits per heavy atom. The van der Waals surface area contributed by atoms with Gasteiger partial charge in [0.05, 0.1) is 10.6 Å². The summed E-state index contributed by atoms with van der Waals surface area (Å²) in [4.78, 5) is 3.60. The van der Waals surface area contributed by atoms with Crippen molar-refractivity contribution >= 4 is 11.5 Å². The van der Waals surface area contributed by atoms with Crippen molar-refractivity contribution in [3.8, 4) is 0 Å². The fourth-order valence-corrected chi connectivity index (χ4v) is 2.19. The molecular formula is C10H20N4S. The summed E-state index contributed by atoms with van der Waals surface area (Å²) in [6.45, 7) is 8.36. The van der Waals surface area contributed by atoms with E-state index >= 15 is 0 Å². The van der Waals surface area contributed by atoms with Gasteiger partial charge in [0.1, 0.15) is 0 Å². The lowest BCUT2D eigenvalue weighted by atomic mass is 10.3. The van der Waals surface area contributed by atoms with E-state index in [1.807, 2.05) is 0 Å². The third-order valence-corrected chi connectivity index (χ3v) is 3.05. The summed E-state index contributed by atoms with van der Waals surface area (Å²) < 4.78 is 3.99. The van der Waals surface area contributed by atoms with E-state index in [4.69, 9.17) is 0 Å². The SMILES string of the molecule is CCNCCN(C)Cc1snnc1CC. The predicted molar refractivity (Wildman–Crippen MR) is 64.2 cm³/mol. The first-order valence-electron chi connectivity index (χ1n) is 5.47. The smallest absolute Gasteiger partial charge is 0.0798 e. The number of nitrogens with zero attached hydrogens (tertiary/aromatic N) is 3. The Morgan fingerprint density at radius 3 is 2.87 bits per heavy atom. The topological polar surface area (TPSA) is 41.0 Å². The highest BCUT2D eigenvalue weighted by atomic mass is 32.1. The van der Waals surface area contributed by atoms with E-state index in [0.717, 1.165) is 38.3 Å². The minimum atomic E-state index is 0.965. The molecule has 0 bridgehead atoms. The maximum Gasteiger partial charge on any atom is 0.0798 e. The molecule has 0 saturated carbocycles. The summed E-state index contributed by atoms with van der Waals surface area (Å²) in [5, 5.41) is 7.43. The molecule has 1 aromatic heterocycles. The van der Waals surface area contributed by atoms with Crippen LogP contribution in [-0.4, -0.2) is 41.2 Å². The van der Waals surface area contributed by atoms with E-state index in [2.05, 4.69) is 40.7 Å². The van der Waals surface area contributed by atoms with Crippen LogP contribution in [0.2, 0.25) is 0 Å². The Balaban J connectivity index is 2.33. The number of hydrogen-bond donors (Lipinski definition) is 1. The van der Waals surface area contributed by atoms with Gasteiger partial charge in [-0.3, -0.25) is 4.90 Å². The second kappa shape index (κ2) is 6.87. The Hall–Kier alpha value is -0.520. The molecule has 1 N–H and O–H groups in total. The lowest BCUT2D eigenvalue weighted by molar-refractivity contribution is 0.327. The zero-order chi connectivity index (χ0) is 11.1. The van der Waals surface area contributed by atoms with Gasteiger partial charge < -0.3 is 5.32 Å². The van der Waals surface area contributed by atoms with Crippen molar-refractivity contribution in [1.82, 2.24) is 19.8 Å². The lowest BCUT2D eigenvalue weighted by Gasteiger charge is -2.15. The normalized spacial score (nSPS) is 11.2. The molecule has 0 unspecified atom stereocenters. The van der Waals surface area contributed by atoms with Crippen molar-refractivity contribution in [1.29, 1.82) is 0 Å². The van der Waals surface area contributed by atoms with E-state index in [9.17, 15) is 0 Å². The number of hydrogen-bond acceptors (Lipinski definition) is 5. The van der Waals surface area contributed by atoms with Gasteiger partial charge in [0.25, 0.3) is 0 Å². The van der Waals surface area contributed by atoms with Crippen molar-refractivity contribution in [2.45, 2.75) is 26.8 Å². The molecule has 5 heteroatoms. The summed E-state index contributed by atoms with van der Waals surface area (Å²) in [6.07, 6.45) is 0.979. The highest BCUT2D eigenvalue weighted by molar-refractivity contribution is 7.05. The fourth-order valence-electron chi connectivity index (χ4n) is 1.39. The van der Waals surface area contributed by atoms with E-state index in [-0.39, 0.29) is 0 Å². The van der Waals surface area contributed by atoms with Gasteiger partial charge >= 0.3 is 0 Å². The Labute approximate surface area is 95.8 Å². The standard InChI is InChI=1S/C10H20N4S/c1-4-9-10(15-13-12-9)8-14(3)7-6-11-5-2/h11H,4-8H2,1-3H3. The molecule has 4 nitrogen and oxygen atoms in total.